The van der Waals surface area contributed by atoms with Crippen molar-refractivity contribution in [2.75, 3.05) is 32.9 Å². The lowest BCUT2D eigenvalue weighted by Crippen LogP contribution is -2.36. The monoisotopic (exact) mass is 399 g/mol. The van der Waals surface area contributed by atoms with E-state index in [-0.39, 0.29) is 24.0 Å². The second-order valence-electron chi connectivity index (χ2n) is 6.95. The van der Waals surface area contributed by atoms with Gasteiger partial charge in [-0.05, 0) is 29.7 Å². The predicted octanol–water partition coefficient (Wildman–Crippen LogP) is 2.43. The SMILES string of the molecule is Cc1ccc([N+](=O)[O-])c(OCC(=O)NCc2ccccc2CN2CCOCC2)c1. The zero-order chi connectivity index (χ0) is 20.6. The second kappa shape index (κ2) is 9.99. The van der Waals surface area contributed by atoms with Crippen LogP contribution in [0.2, 0.25) is 0 Å². The summed E-state index contributed by atoms with van der Waals surface area (Å²) in [5.41, 5.74) is 2.86. The smallest absolute Gasteiger partial charge is 0.310 e. The lowest BCUT2D eigenvalue weighted by atomic mass is 10.1. The second-order valence-corrected chi connectivity index (χ2v) is 6.95. The van der Waals surface area contributed by atoms with Crippen molar-refractivity contribution in [3.05, 3.63) is 69.3 Å². The number of carbonyl (C=O) groups is 1. The van der Waals surface area contributed by atoms with Crippen LogP contribution in [0.3, 0.4) is 0 Å². The Balaban J connectivity index is 1.55. The number of aryl methyl sites for hydroxylation is 1. The molecule has 0 spiro atoms. The number of nitrogens with zero attached hydrogens (tertiary/aromatic N) is 2. The molecule has 1 amide bonds. The summed E-state index contributed by atoms with van der Waals surface area (Å²) in [6.45, 7) is 5.97. The maximum atomic E-state index is 12.2. The highest BCUT2D eigenvalue weighted by Crippen LogP contribution is 2.27. The van der Waals surface area contributed by atoms with E-state index in [1.165, 1.54) is 6.07 Å². The molecule has 1 aliphatic heterocycles. The quantitative estimate of drug-likeness (QED) is 0.541. The van der Waals surface area contributed by atoms with Gasteiger partial charge in [0.05, 0.1) is 18.1 Å². The summed E-state index contributed by atoms with van der Waals surface area (Å²) < 4.78 is 10.8. The van der Waals surface area contributed by atoms with Crippen LogP contribution in [0.15, 0.2) is 42.5 Å². The number of hydrogen-bond acceptors (Lipinski definition) is 6. The molecule has 154 valence electrons. The number of carbonyl (C=O) groups excluding carboxylic acids is 1. The lowest BCUT2D eigenvalue weighted by molar-refractivity contribution is -0.385. The number of nitro groups is 1. The van der Waals surface area contributed by atoms with Gasteiger partial charge in [-0.1, -0.05) is 30.3 Å². The summed E-state index contributed by atoms with van der Waals surface area (Å²) in [4.78, 5) is 25.1. The molecular formula is C21H25N3O5. The maximum absolute atomic E-state index is 12.2. The lowest BCUT2D eigenvalue weighted by Gasteiger charge is -2.27. The summed E-state index contributed by atoms with van der Waals surface area (Å²) in [5.74, 6) is -0.236. The normalized spacial score (nSPS) is 14.4. The highest BCUT2D eigenvalue weighted by molar-refractivity contribution is 5.77. The fourth-order valence-corrected chi connectivity index (χ4v) is 3.16. The molecule has 0 atom stereocenters. The zero-order valence-electron chi connectivity index (χ0n) is 16.4. The number of ether oxygens (including phenoxy) is 2. The Morgan fingerprint density at radius 3 is 2.66 bits per heavy atom. The molecule has 3 rings (SSSR count). The summed E-state index contributed by atoms with van der Waals surface area (Å²) in [6, 6.07) is 12.5. The molecule has 1 fully saturated rings. The highest BCUT2D eigenvalue weighted by atomic mass is 16.6. The van der Waals surface area contributed by atoms with Crippen molar-refractivity contribution in [2.24, 2.45) is 0 Å². The van der Waals surface area contributed by atoms with Gasteiger partial charge in [0.1, 0.15) is 0 Å². The van der Waals surface area contributed by atoms with E-state index < -0.39 is 4.92 Å². The third kappa shape index (κ3) is 6.00. The molecule has 1 aliphatic rings. The summed E-state index contributed by atoms with van der Waals surface area (Å²) >= 11 is 0. The standard InChI is InChI=1S/C21H25N3O5/c1-16-6-7-19(24(26)27)20(12-16)29-15-21(25)22-13-17-4-2-3-5-18(17)14-23-8-10-28-11-9-23/h2-7,12H,8-11,13-15H2,1H3,(H,22,25). The molecule has 2 aromatic carbocycles. The molecule has 8 nitrogen and oxygen atoms in total. The van der Waals surface area contributed by atoms with Crippen LogP contribution < -0.4 is 10.1 Å². The Kier molecular flexibility index (Phi) is 7.15. The molecule has 1 saturated heterocycles. The van der Waals surface area contributed by atoms with Gasteiger partial charge in [-0.3, -0.25) is 19.8 Å². The molecule has 8 heteroatoms. The summed E-state index contributed by atoms with van der Waals surface area (Å²) in [7, 11) is 0. The van der Waals surface area contributed by atoms with Crippen molar-refractivity contribution in [1.82, 2.24) is 10.2 Å². The third-order valence-corrected chi connectivity index (χ3v) is 4.76. The maximum Gasteiger partial charge on any atom is 0.310 e. The number of amides is 1. The molecule has 0 saturated carbocycles. The Labute approximate surface area is 169 Å². The van der Waals surface area contributed by atoms with E-state index in [0.29, 0.717) is 6.54 Å². The van der Waals surface area contributed by atoms with E-state index in [4.69, 9.17) is 9.47 Å². The number of rotatable bonds is 8. The van der Waals surface area contributed by atoms with E-state index in [9.17, 15) is 14.9 Å². The Morgan fingerprint density at radius 1 is 1.21 bits per heavy atom. The Hall–Kier alpha value is -2.97. The first kappa shape index (κ1) is 20.8. The van der Waals surface area contributed by atoms with Gasteiger partial charge >= 0.3 is 5.69 Å². The van der Waals surface area contributed by atoms with Crippen molar-refractivity contribution in [3.63, 3.8) is 0 Å². The first-order valence-corrected chi connectivity index (χ1v) is 9.54. The van der Waals surface area contributed by atoms with Crippen LogP contribution >= 0.6 is 0 Å². The van der Waals surface area contributed by atoms with E-state index in [1.807, 2.05) is 25.1 Å². The van der Waals surface area contributed by atoms with Crippen LogP contribution in [-0.2, 0) is 22.6 Å². The molecule has 2 aromatic rings. The first-order chi connectivity index (χ1) is 14.0. The number of nitro benzene ring substituents is 1. The van der Waals surface area contributed by atoms with Crippen LogP contribution in [-0.4, -0.2) is 48.6 Å². The van der Waals surface area contributed by atoms with Gasteiger partial charge in [0.25, 0.3) is 5.91 Å². The zero-order valence-corrected chi connectivity index (χ0v) is 16.4. The van der Waals surface area contributed by atoms with Crippen LogP contribution in [0.5, 0.6) is 5.75 Å². The molecule has 1 N–H and O–H groups in total. The van der Waals surface area contributed by atoms with Gasteiger partial charge < -0.3 is 14.8 Å². The van der Waals surface area contributed by atoms with Crippen molar-refractivity contribution < 1.29 is 19.2 Å². The van der Waals surface area contributed by atoms with Crippen molar-refractivity contribution >= 4 is 11.6 Å². The third-order valence-electron chi connectivity index (χ3n) is 4.76. The van der Waals surface area contributed by atoms with Crippen molar-refractivity contribution in [3.8, 4) is 5.75 Å². The van der Waals surface area contributed by atoms with E-state index >= 15 is 0 Å². The molecule has 0 radical (unpaired) electrons. The number of morpholine rings is 1. The van der Waals surface area contributed by atoms with Gasteiger partial charge in [-0.15, -0.1) is 0 Å². The molecular weight excluding hydrogens is 374 g/mol. The fraction of sp³-hybridized carbons (Fsp3) is 0.381. The highest BCUT2D eigenvalue weighted by Gasteiger charge is 2.17. The van der Waals surface area contributed by atoms with Gasteiger partial charge in [-0.2, -0.15) is 0 Å². The minimum atomic E-state index is -0.519. The summed E-state index contributed by atoms with van der Waals surface area (Å²) in [6.07, 6.45) is 0. The molecule has 0 bridgehead atoms. The van der Waals surface area contributed by atoms with E-state index in [0.717, 1.165) is 49.5 Å². The average Bonchev–Trinajstić information content (AvgIpc) is 2.72. The minimum Gasteiger partial charge on any atom is -0.477 e. The van der Waals surface area contributed by atoms with Crippen LogP contribution in [0.4, 0.5) is 5.69 Å². The Bertz CT molecular complexity index is 865. The number of benzene rings is 2. The van der Waals surface area contributed by atoms with E-state index in [1.54, 1.807) is 12.1 Å². The number of nitrogens with one attached hydrogen (secondary N) is 1. The van der Waals surface area contributed by atoms with Crippen LogP contribution in [0.1, 0.15) is 16.7 Å². The molecule has 0 unspecified atom stereocenters. The van der Waals surface area contributed by atoms with Gasteiger partial charge in [0.15, 0.2) is 12.4 Å². The largest absolute Gasteiger partial charge is 0.477 e. The van der Waals surface area contributed by atoms with Gasteiger partial charge in [0, 0.05) is 32.2 Å². The fourth-order valence-electron chi connectivity index (χ4n) is 3.16. The Morgan fingerprint density at radius 2 is 1.93 bits per heavy atom. The molecule has 29 heavy (non-hydrogen) atoms. The minimum absolute atomic E-state index is 0.0952. The predicted molar refractivity (Wildman–Crippen MR) is 108 cm³/mol. The molecule has 0 aliphatic carbocycles. The van der Waals surface area contributed by atoms with E-state index in [2.05, 4.69) is 16.3 Å². The van der Waals surface area contributed by atoms with Crippen molar-refractivity contribution in [1.29, 1.82) is 0 Å². The number of hydrogen-bond donors (Lipinski definition) is 1. The average molecular weight is 399 g/mol. The first-order valence-electron chi connectivity index (χ1n) is 9.54. The van der Waals surface area contributed by atoms with Crippen molar-refractivity contribution in [2.45, 2.75) is 20.0 Å². The van der Waals surface area contributed by atoms with Crippen LogP contribution in [0.25, 0.3) is 0 Å². The topological polar surface area (TPSA) is 93.9 Å². The summed E-state index contributed by atoms with van der Waals surface area (Å²) in [5, 5.41) is 13.9. The van der Waals surface area contributed by atoms with Gasteiger partial charge in [-0.25, -0.2) is 0 Å². The molecule has 1 heterocycles. The van der Waals surface area contributed by atoms with Gasteiger partial charge in [0.2, 0.25) is 0 Å². The van der Waals surface area contributed by atoms with Crippen LogP contribution in [0, 0.1) is 17.0 Å². The molecule has 0 aromatic heterocycles.